The van der Waals surface area contributed by atoms with Gasteiger partial charge in [-0.2, -0.15) is 11.8 Å². The maximum Gasteiger partial charge on any atom is 0.237 e. The van der Waals surface area contributed by atoms with Crippen molar-refractivity contribution in [1.82, 2.24) is 5.32 Å². The molecule has 1 heterocycles. The van der Waals surface area contributed by atoms with Gasteiger partial charge in [0.15, 0.2) is 0 Å². The predicted molar refractivity (Wildman–Crippen MR) is 87.0 cm³/mol. The van der Waals surface area contributed by atoms with Crippen LogP contribution in [0.4, 0.5) is 0 Å². The SMILES string of the molecule is Cc1ccc2ccccc2c1.NC1CSCCNC1=O. The minimum Gasteiger partial charge on any atom is -0.354 e. The number of hydrogen-bond donors (Lipinski definition) is 2. The van der Waals surface area contributed by atoms with E-state index in [4.69, 9.17) is 5.73 Å². The van der Waals surface area contributed by atoms with Gasteiger partial charge in [-0.3, -0.25) is 4.79 Å². The van der Waals surface area contributed by atoms with Gasteiger partial charge in [-0.15, -0.1) is 0 Å². The number of hydrogen-bond acceptors (Lipinski definition) is 3. The lowest BCUT2D eigenvalue weighted by Crippen LogP contribution is -2.40. The van der Waals surface area contributed by atoms with Crippen LogP contribution in [0.2, 0.25) is 0 Å². The second-order valence-corrected chi connectivity index (χ2v) is 5.97. The molecule has 0 aliphatic carbocycles. The molecule has 3 N–H and O–H groups in total. The first-order chi connectivity index (χ1) is 9.66. The number of fused-ring (bicyclic) bond motifs is 1. The molecule has 1 aliphatic heterocycles. The first kappa shape index (κ1) is 14.9. The molecule has 0 spiro atoms. The highest BCUT2D eigenvalue weighted by Crippen LogP contribution is 2.14. The third-order valence-corrected chi connectivity index (χ3v) is 4.17. The summed E-state index contributed by atoms with van der Waals surface area (Å²) in [7, 11) is 0. The minimum absolute atomic E-state index is 0.0139. The summed E-state index contributed by atoms with van der Waals surface area (Å²) in [6.07, 6.45) is 0. The van der Waals surface area contributed by atoms with Crippen molar-refractivity contribution < 1.29 is 4.79 Å². The Labute approximate surface area is 123 Å². The summed E-state index contributed by atoms with van der Waals surface area (Å²) in [5, 5.41) is 5.35. The van der Waals surface area contributed by atoms with Gasteiger partial charge in [0.05, 0.1) is 6.04 Å². The second-order valence-electron chi connectivity index (χ2n) is 4.82. The molecule has 4 heteroatoms. The summed E-state index contributed by atoms with van der Waals surface area (Å²) < 4.78 is 0. The van der Waals surface area contributed by atoms with Crippen molar-refractivity contribution in [1.29, 1.82) is 0 Å². The number of benzene rings is 2. The molecule has 1 atom stereocenters. The highest BCUT2D eigenvalue weighted by Gasteiger charge is 2.15. The molecule has 1 unspecified atom stereocenters. The van der Waals surface area contributed by atoms with Crippen LogP contribution in [0, 0.1) is 6.92 Å². The third-order valence-electron chi connectivity index (χ3n) is 3.08. The van der Waals surface area contributed by atoms with E-state index in [1.807, 2.05) is 0 Å². The number of aryl methyl sites for hydroxylation is 1. The average Bonchev–Trinajstić information content (AvgIpc) is 2.64. The second kappa shape index (κ2) is 7.31. The van der Waals surface area contributed by atoms with Crippen molar-refractivity contribution in [2.24, 2.45) is 5.73 Å². The molecular weight excluding hydrogens is 268 g/mol. The molecule has 2 aromatic rings. The molecule has 1 fully saturated rings. The lowest BCUT2D eigenvalue weighted by molar-refractivity contribution is -0.121. The maximum absolute atomic E-state index is 10.8. The van der Waals surface area contributed by atoms with Gasteiger partial charge in [-0.25, -0.2) is 0 Å². The molecule has 106 valence electrons. The van der Waals surface area contributed by atoms with Gasteiger partial charge in [0, 0.05) is 18.1 Å². The summed E-state index contributed by atoms with van der Waals surface area (Å²) in [6.45, 7) is 2.88. The van der Waals surface area contributed by atoms with E-state index in [0.717, 1.165) is 18.1 Å². The fourth-order valence-electron chi connectivity index (χ4n) is 1.97. The van der Waals surface area contributed by atoms with Crippen LogP contribution in [0.3, 0.4) is 0 Å². The van der Waals surface area contributed by atoms with Gasteiger partial charge in [-0.05, 0) is 17.7 Å². The van der Waals surface area contributed by atoms with Crippen molar-refractivity contribution in [2.75, 3.05) is 18.1 Å². The van der Waals surface area contributed by atoms with Crippen LogP contribution >= 0.6 is 11.8 Å². The fraction of sp³-hybridized carbons (Fsp3) is 0.312. The maximum atomic E-state index is 10.8. The summed E-state index contributed by atoms with van der Waals surface area (Å²) in [4.78, 5) is 10.8. The number of amides is 1. The van der Waals surface area contributed by atoms with Crippen LogP contribution in [0.1, 0.15) is 5.56 Å². The number of carbonyl (C=O) groups is 1. The zero-order chi connectivity index (χ0) is 14.4. The molecule has 20 heavy (non-hydrogen) atoms. The van der Waals surface area contributed by atoms with E-state index >= 15 is 0 Å². The smallest absolute Gasteiger partial charge is 0.237 e. The largest absolute Gasteiger partial charge is 0.354 e. The van der Waals surface area contributed by atoms with E-state index in [2.05, 4.69) is 54.7 Å². The molecule has 0 saturated carbocycles. The summed E-state index contributed by atoms with van der Waals surface area (Å²) >= 11 is 1.72. The molecule has 2 aromatic carbocycles. The van der Waals surface area contributed by atoms with Gasteiger partial charge >= 0.3 is 0 Å². The van der Waals surface area contributed by atoms with Crippen LogP contribution in [0.15, 0.2) is 42.5 Å². The quantitative estimate of drug-likeness (QED) is 0.782. The lowest BCUT2D eigenvalue weighted by Gasteiger charge is -2.03. The third kappa shape index (κ3) is 4.25. The Hall–Kier alpha value is -1.52. The zero-order valence-electron chi connectivity index (χ0n) is 11.6. The zero-order valence-corrected chi connectivity index (χ0v) is 12.5. The van der Waals surface area contributed by atoms with Gasteiger partial charge in [-0.1, -0.05) is 48.0 Å². The normalized spacial score (nSPS) is 18.7. The van der Waals surface area contributed by atoms with Crippen LogP contribution < -0.4 is 11.1 Å². The fourth-order valence-corrected chi connectivity index (χ4v) is 2.79. The van der Waals surface area contributed by atoms with Crippen LogP contribution in [0.25, 0.3) is 10.8 Å². The minimum atomic E-state index is -0.294. The Balaban J connectivity index is 0.000000151. The summed E-state index contributed by atoms with van der Waals surface area (Å²) in [5.41, 5.74) is 6.77. The number of carbonyl (C=O) groups excluding carboxylic acids is 1. The van der Waals surface area contributed by atoms with E-state index in [1.165, 1.54) is 16.3 Å². The number of nitrogens with one attached hydrogen (secondary N) is 1. The van der Waals surface area contributed by atoms with Crippen molar-refractivity contribution in [3.8, 4) is 0 Å². The van der Waals surface area contributed by atoms with Crippen LogP contribution in [0.5, 0.6) is 0 Å². The molecule has 0 aromatic heterocycles. The molecule has 0 radical (unpaired) electrons. The molecule has 3 nitrogen and oxygen atoms in total. The topological polar surface area (TPSA) is 55.1 Å². The first-order valence-electron chi connectivity index (χ1n) is 6.73. The molecule has 3 rings (SSSR count). The number of thioether (sulfide) groups is 1. The van der Waals surface area contributed by atoms with Crippen LogP contribution in [-0.4, -0.2) is 30.0 Å². The van der Waals surface area contributed by atoms with Gasteiger partial charge in [0.1, 0.15) is 0 Å². The van der Waals surface area contributed by atoms with Crippen molar-refractivity contribution in [2.45, 2.75) is 13.0 Å². The number of rotatable bonds is 0. The van der Waals surface area contributed by atoms with E-state index in [1.54, 1.807) is 11.8 Å². The first-order valence-corrected chi connectivity index (χ1v) is 7.89. The Morgan fingerprint density at radius 3 is 2.75 bits per heavy atom. The van der Waals surface area contributed by atoms with Gasteiger partial charge in [0.25, 0.3) is 0 Å². The monoisotopic (exact) mass is 288 g/mol. The van der Waals surface area contributed by atoms with Gasteiger partial charge < -0.3 is 11.1 Å². The van der Waals surface area contributed by atoms with E-state index in [-0.39, 0.29) is 11.9 Å². The van der Waals surface area contributed by atoms with Crippen molar-refractivity contribution in [3.63, 3.8) is 0 Å². The molecule has 1 saturated heterocycles. The molecular formula is C16H20N2OS. The summed E-state index contributed by atoms with van der Waals surface area (Å²) in [6, 6.07) is 14.6. The molecule has 1 aliphatic rings. The summed E-state index contributed by atoms with van der Waals surface area (Å²) in [5.74, 6) is 1.73. The lowest BCUT2D eigenvalue weighted by atomic mass is 10.1. The van der Waals surface area contributed by atoms with E-state index in [0.29, 0.717) is 0 Å². The van der Waals surface area contributed by atoms with Gasteiger partial charge in [0.2, 0.25) is 5.91 Å². The average molecular weight is 288 g/mol. The van der Waals surface area contributed by atoms with E-state index in [9.17, 15) is 4.79 Å². The Kier molecular flexibility index (Phi) is 5.44. The molecule has 0 bridgehead atoms. The Bertz CT molecular complexity index is 585. The Morgan fingerprint density at radius 2 is 1.95 bits per heavy atom. The van der Waals surface area contributed by atoms with Crippen LogP contribution in [-0.2, 0) is 4.79 Å². The highest BCUT2D eigenvalue weighted by molar-refractivity contribution is 7.99. The van der Waals surface area contributed by atoms with Crippen molar-refractivity contribution >= 4 is 28.4 Å². The molecule has 1 amide bonds. The highest BCUT2D eigenvalue weighted by atomic mass is 32.2. The van der Waals surface area contributed by atoms with Crippen molar-refractivity contribution in [3.05, 3.63) is 48.0 Å². The Morgan fingerprint density at radius 1 is 1.20 bits per heavy atom. The number of nitrogens with two attached hydrogens (primary N) is 1. The standard InChI is InChI=1S/C11H10.C5H10N2OS/c1-9-6-7-10-4-2-3-5-11(10)8-9;6-4-3-9-2-1-7-5(4)8/h2-8H,1H3;4H,1-3,6H2,(H,7,8). The van der Waals surface area contributed by atoms with E-state index < -0.39 is 0 Å². The predicted octanol–water partition coefficient (Wildman–Crippen LogP) is 2.32.